The predicted octanol–water partition coefficient (Wildman–Crippen LogP) is 3.84. The monoisotopic (exact) mass is 331 g/mol. The van der Waals surface area contributed by atoms with E-state index in [2.05, 4.69) is 21.0 Å². The molecule has 0 bridgehead atoms. The van der Waals surface area contributed by atoms with Crippen LogP contribution in [0.3, 0.4) is 0 Å². The summed E-state index contributed by atoms with van der Waals surface area (Å²) in [7, 11) is 0. The number of benzene rings is 1. The van der Waals surface area contributed by atoms with Gasteiger partial charge in [0.1, 0.15) is 11.6 Å². The molecule has 3 aromatic rings. The molecule has 4 nitrogen and oxygen atoms in total. The van der Waals surface area contributed by atoms with Crippen LogP contribution in [0, 0.1) is 6.92 Å². The number of hydrogen-bond acceptors (Lipinski definition) is 3. The number of furan rings is 1. The van der Waals surface area contributed by atoms with Crippen molar-refractivity contribution in [2.24, 2.45) is 0 Å². The maximum atomic E-state index is 6.05. The number of nitrogens with two attached hydrogens (primary N) is 1. The Bertz CT molecular complexity index is 745. The first kappa shape index (κ1) is 13.0. The van der Waals surface area contributed by atoms with Crippen LogP contribution < -0.4 is 5.73 Å². The summed E-state index contributed by atoms with van der Waals surface area (Å²) in [5.41, 5.74) is 9.00. The molecule has 2 heterocycles. The zero-order valence-corrected chi connectivity index (χ0v) is 12.6. The fraction of sp³-hybridized carbons (Fsp3) is 0.133. The maximum Gasteiger partial charge on any atom is 0.122 e. The molecule has 0 aliphatic heterocycles. The van der Waals surface area contributed by atoms with E-state index in [-0.39, 0.29) is 0 Å². The van der Waals surface area contributed by atoms with Crippen molar-refractivity contribution in [3.05, 3.63) is 58.5 Å². The molecule has 0 fully saturated rings. The largest absolute Gasteiger partial charge is 0.469 e. The third-order valence-electron chi connectivity index (χ3n) is 3.22. The van der Waals surface area contributed by atoms with Gasteiger partial charge in [-0.15, -0.1) is 0 Å². The van der Waals surface area contributed by atoms with Gasteiger partial charge in [-0.25, -0.2) is 4.68 Å². The molecule has 0 saturated heterocycles. The predicted molar refractivity (Wildman–Crippen MR) is 82.3 cm³/mol. The molecular weight excluding hydrogens is 318 g/mol. The van der Waals surface area contributed by atoms with E-state index in [1.165, 1.54) is 0 Å². The van der Waals surface area contributed by atoms with E-state index in [1.54, 1.807) is 10.9 Å². The summed E-state index contributed by atoms with van der Waals surface area (Å²) in [5, 5.41) is 4.56. The molecule has 20 heavy (non-hydrogen) atoms. The Labute approximate surface area is 125 Å². The van der Waals surface area contributed by atoms with Gasteiger partial charge in [0, 0.05) is 16.1 Å². The Morgan fingerprint density at radius 1 is 1.30 bits per heavy atom. The third-order valence-corrected chi connectivity index (χ3v) is 4.00. The zero-order chi connectivity index (χ0) is 14.1. The van der Waals surface area contributed by atoms with E-state index in [0.29, 0.717) is 12.4 Å². The smallest absolute Gasteiger partial charge is 0.122 e. The topological polar surface area (TPSA) is 57.0 Å². The lowest BCUT2D eigenvalue weighted by Crippen LogP contribution is -2.06. The lowest BCUT2D eigenvalue weighted by atomic mass is 10.2. The molecule has 0 amide bonds. The number of aryl methyl sites for hydroxylation is 1. The lowest BCUT2D eigenvalue weighted by molar-refractivity contribution is 0.535. The average molecular weight is 332 g/mol. The molecule has 0 radical (unpaired) electrons. The third kappa shape index (κ3) is 2.36. The molecule has 3 rings (SSSR count). The van der Waals surface area contributed by atoms with Crippen LogP contribution in [0.4, 0.5) is 5.82 Å². The first-order valence-corrected chi connectivity index (χ1v) is 7.05. The van der Waals surface area contributed by atoms with Crippen LogP contribution in [0.15, 0.2) is 51.6 Å². The average Bonchev–Trinajstić information content (AvgIpc) is 2.99. The van der Waals surface area contributed by atoms with Crippen molar-refractivity contribution in [2.75, 3.05) is 5.73 Å². The fourth-order valence-electron chi connectivity index (χ4n) is 2.13. The van der Waals surface area contributed by atoms with Gasteiger partial charge < -0.3 is 10.2 Å². The number of rotatable bonds is 3. The minimum Gasteiger partial charge on any atom is -0.469 e. The van der Waals surface area contributed by atoms with Crippen molar-refractivity contribution in [3.63, 3.8) is 0 Å². The molecule has 2 aromatic heterocycles. The van der Waals surface area contributed by atoms with Gasteiger partial charge in [-0.1, -0.05) is 34.1 Å². The van der Waals surface area contributed by atoms with Crippen molar-refractivity contribution in [1.82, 2.24) is 9.78 Å². The summed E-state index contributed by atoms with van der Waals surface area (Å²) < 4.78 is 8.15. The zero-order valence-electron chi connectivity index (χ0n) is 11.0. The van der Waals surface area contributed by atoms with Crippen LogP contribution in [0.25, 0.3) is 11.3 Å². The van der Waals surface area contributed by atoms with E-state index >= 15 is 0 Å². The Balaban J connectivity index is 1.94. The van der Waals surface area contributed by atoms with Gasteiger partial charge in [-0.2, -0.15) is 5.10 Å². The highest BCUT2D eigenvalue weighted by molar-refractivity contribution is 9.10. The molecule has 0 unspecified atom stereocenters. The molecule has 1 aromatic carbocycles. The summed E-state index contributed by atoms with van der Waals surface area (Å²) in [6.45, 7) is 2.54. The van der Waals surface area contributed by atoms with Crippen molar-refractivity contribution in [1.29, 1.82) is 0 Å². The van der Waals surface area contributed by atoms with E-state index < -0.39 is 0 Å². The van der Waals surface area contributed by atoms with Crippen LogP contribution in [0.1, 0.15) is 11.3 Å². The Morgan fingerprint density at radius 3 is 2.80 bits per heavy atom. The van der Waals surface area contributed by atoms with Gasteiger partial charge in [0.15, 0.2) is 0 Å². The minimum atomic E-state index is 0.629. The van der Waals surface area contributed by atoms with Gasteiger partial charge in [-0.05, 0) is 24.6 Å². The fourth-order valence-corrected chi connectivity index (χ4v) is 2.54. The first-order valence-electron chi connectivity index (χ1n) is 6.26. The maximum absolute atomic E-state index is 6.05. The molecule has 0 atom stereocenters. The first-order chi connectivity index (χ1) is 9.65. The Morgan fingerprint density at radius 2 is 2.10 bits per heavy atom. The molecule has 0 saturated carbocycles. The van der Waals surface area contributed by atoms with Crippen LogP contribution in [0.2, 0.25) is 0 Å². The summed E-state index contributed by atoms with van der Waals surface area (Å²) >= 11 is 3.54. The van der Waals surface area contributed by atoms with Crippen LogP contribution in [-0.2, 0) is 6.54 Å². The van der Waals surface area contributed by atoms with Crippen molar-refractivity contribution >= 4 is 21.7 Å². The van der Waals surface area contributed by atoms with Gasteiger partial charge in [-0.3, -0.25) is 0 Å². The molecular formula is C15H14BrN3O. The Kier molecular flexibility index (Phi) is 3.36. The van der Waals surface area contributed by atoms with Crippen molar-refractivity contribution in [2.45, 2.75) is 13.5 Å². The molecule has 2 N–H and O–H groups in total. The van der Waals surface area contributed by atoms with Crippen molar-refractivity contribution < 1.29 is 4.42 Å². The Hall–Kier alpha value is -2.01. The van der Waals surface area contributed by atoms with E-state index in [9.17, 15) is 0 Å². The SMILES string of the molecule is Cc1occc1-c1cc(N)n(Cc2ccccc2Br)n1. The summed E-state index contributed by atoms with van der Waals surface area (Å²) in [6, 6.07) is 11.8. The van der Waals surface area contributed by atoms with Gasteiger partial charge in [0.25, 0.3) is 0 Å². The standard InChI is InChI=1S/C15H14BrN3O/c1-10-12(6-7-20-10)14-8-15(17)19(18-14)9-11-4-2-3-5-13(11)16/h2-8H,9,17H2,1H3. The highest BCUT2D eigenvalue weighted by Gasteiger charge is 2.12. The normalized spacial score (nSPS) is 10.9. The van der Waals surface area contributed by atoms with Crippen LogP contribution in [-0.4, -0.2) is 9.78 Å². The quantitative estimate of drug-likeness (QED) is 0.793. The number of hydrogen-bond donors (Lipinski definition) is 1. The second kappa shape index (κ2) is 5.17. The molecule has 0 aliphatic carbocycles. The highest BCUT2D eigenvalue weighted by Crippen LogP contribution is 2.26. The van der Waals surface area contributed by atoms with Crippen LogP contribution >= 0.6 is 15.9 Å². The lowest BCUT2D eigenvalue weighted by Gasteiger charge is -2.06. The second-order valence-electron chi connectivity index (χ2n) is 4.59. The number of nitrogens with zero attached hydrogens (tertiary/aromatic N) is 2. The van der Waals surface area contributed by atoms with E-state index in [1.807, 2.05) is 43.3 Å². The number of aromatic nitrogens is 2. The molecule has 5 heteroatoms. The van der Waals surface area contributed by atoms with Gasteiger partial charge >= 0.3 is 0 Å². The second-order valence-corrected chi connectivity index (χ2v) is 5.45. The summed E-state index contributed by atoms with van der Waals surface area (Å²) in [5.74, 6) is 1.48. The van der Waals surface area contributed by atoms with Gasteiger partial charge in [0.05, 0.1) is 18.5 Å². The van der Waals surface area contributed by atoms with Crippen molar-refractivity contribution in [3.8, 4) is 11.3 Å². The number of halogens is 1. The van der Waals surface area contributed by atoms with E-state index in [0.717, 1.165) is 27.1 Å². The molecule has 0 spiro atoms. The highest BCUT2D eigenvalue weighted by atomic mass is 79.9. The molecule has 0 aliphatic rings. The summed E-state index contributed by atoms with van der Waals surface area (Å²) in [6.07, 6.45) is 1.66. The van der Waals surface area contributed by atoms with Crippen LogP contribution in [0.5, 0.6) is 0 Å². The van der Waals surface area contributed by atoms with E-state index in [4.69, 9.17) is 10.2 Å². The summed E-state index contributed by atoms with van der Waals surface area (Å²) in [4.78, 5) is 0. The minimum absolute atomic E-state index is 0.629. The number of anilines is 1. The number of nitrogen functional groups attached to an aromatic ring is 1. The molecule has 102 valence electrons. The van der Waals surface area contributed by atoms with Gasteiger partial charge in [0.2, 0.25) is 0 Å².